The molecule has 2 aliphatic carbocycles. The van der Waals surface area contributed by atoms with Gasteiger partial charge >= 0.3 is 0 Å². The highest BCUT2D eigenvalue weighted by atomic mass is 15.2. The first kappa shape index (κ1) is 90.3. The van der Waals surface area contributed by atoms with Crippen molar-refractivity contribution in [2.24, 2.45) is 11.8 Å². The third-order valence-electron chi connectivity index (χ3n) is 28.7. The molecule has 2 fully saturated rings. The van der Waals surface area contributed by atoms with Gasteiger partial charge in [-0.3, -0.25) is 0 Å². The number of fused-ring (bicyclic) bond motifs is 5. The van der Waals surface area contributed by atoms with Crippen molar-refractivity contribution >= 4 is 31.0 Å². The summed E-state index contributed by atoms with van der Waals surface area (Å²) in [5.74, 6) is 8.31. The Kier molecular flexibility index (Phi) is 23.9. The van der Waals surface area contributed by atoms with Crippen molar-refractivity contribution < 1.29 is 22.8 Å². The van der Waals surface area contributed by atoms with Gasteiger partial charge in [0.1, 0.15) is 51.2 Å². The van der Waals surface area contributed by atoms with Crippen LogP contribution in [0, 0.1) is 81.1 Å². The van der Waals surface area contributed by atoms with Crippen LogP contribution in [0.2, 0.25) is 0 Å². The van der Waals surface area contributed by atoms with Gasteiger partial charge in [0.2, 0.25) is 0 Å². The van der Waals surface area contributed by atoms with E-state index in [2.05, 4.69) is 480 Å². The molecule has 124 heavy (non-hydrogen) atoms. The average Bonchev–Trinajstić information content (AvgIpc) is 1.54. The molecule has 3 unspecified atom stereocenters. The van der Waals surface area contributed by atoms with E-state index in [9.17, 15) is 0 Å². The lowest BCUT2D eigenvalue weighted by Crippen LogP contribution is -2.42. The number of rotatable bonds is 8. The Morgan fingerprint density at radius 1 is 0.250 bits per heavy atom. The van der Waals surface area contributed by atoms with E-state index in [1.165, 1.54) is 206 Å². The Labute approximate surface area is 747 Å². The Morgan fingerprint density at radius 3 is 0.742 bits per heavy atom. The Balaban J connectivity index is 0.000000127. The summed E-state index contributed by atoms with van der Waals surface area (Å²) in [4.78, 5) is 0. The molecule has 2 saturated carbocycles. The maximum atomic E-state index is 2.54. The van der Waals surface area contributed by atoms with Gasteiger partial charge in [-0.15, -0.1) is 0 Å². The molecule has 10 heterocycles. The first-order valence-electron chi connectivity index (χ1n) is 46.7. The summed E-state index contributed by atoms with van der Waals surface area (Å²) in [5.41, 5.74) is 29.0. The molecular formula is C114H151N10+5. The van der Waals surface area contributed by atoms with Crippen molar-refractivity contribution in [2.45, 2.75) is 333 Å². The minimum atomic E-state index is -0.126. The van der Waals surface area contributed by atoms with Gasteiger partial charge in [-0.2, -0.15) is 22.8 Å². The van der Waals surface area contributed by atoms with Crippen LogP contribution < -0.4 is 22.8 Å². The number of para-hydroxylation sites is 5. The fourth-order valence-electron chi connectivity index (χ4n) is 23.0. The molecule has 0 bridgehead atoms. The molecule has 5 aromatic heterocycles. The maximum Gasteiger partial charge on any atom is 0.272 e. The fraction of sp³-hybridized carbons (Fsp3) is 0.465. The van der Waals surface area contributed by atoms with Crippen LogP contribution in [0.3, 0.4) is 0 Å². The predicted molar refractivity (Wildman–Crippen MR) is 520 cm³/mol. The summed E-state index contributed by atoms with van der Waals surface area (Å²) in [5, 5.41) is 0. The van der Waals surface area contributed by atoms with E-state index in [0.717, 1.165) is 11.8 Å². The van der Waals surface area contributed by atoms with E-state index in [1.807, 2.05) is 0 Å². The number of aryl methyl sites for hydroxylation is 5. The molecule has 10 heteroatoms. The SMILES string of the molecule is Cc1ccccc1-n1c(C)c2[n+](c1C(C)(C)C)C=CC2(C)C.Cc1ccccc1-n1c(C)c2[n+](c1C(C)(C)C)C=CC2(C)C.Cc1ccccc1-n1c(C)c2[n+](c1C(C)(C)C)C=CC2(C)C1CCCC1.Cc1ccccc1-n1c(C)c2[n+](c1C(C)(C)C)C=CC2(C)C1CCCCC1.Cc1ccccc1-n1c(C)c2[n+](c1C(C)(C)C)C=CC2(C)c1ccccc1. The van der Waals surface area contributed by atoms with Gasteiger partial charge in [0.25, 0.3) is 29.1 Å². The van der Waals surface area contributed by atoms with Crippen LogP contribution >= 0.6 is 0 Å². The summed E-state index contributed by atoms with van der Waals surface area (Å²) in [6, 6.07) is 54.4. The lowest BCUT2D eigenvalue weighted by atomic mass is 9.68. The summed E-state index contributed by atoms with van der Waals surface area (Å²) >= 11 is 0. The van der Waals surface area contributed by atoms with Crippen molar-refractivity contribution in [2.75, 3.05) is 0 Å². The lowest BCUT2D eigenvalue weighted by Gasteiger charge is -2.34. The van der Waals surface area contributed by atoms with Crippen LogP contribution in [0.4, 0.5) is 0 Å². The number of benzene rings is 6. The summed E-state index contributed by atoms with van der Waals surface area (Å²) < 4.78 is 24.7. The Bertz CT molecular complexity index is 5900. The second-order valence-electron chi connectivity index (χ2n) is 44.5. The minimum Gasteiger partial charge on any atom is -0.202 e. The summed E-state index contributed by atoms with van der Waals surface area (Å²) in [6.45, 7) is 73.6. The second kappa shape index (κ2) is 32.8. The highest BCUT2D eigenvalue weighted by Crippen LogP contribution is 2.50. The van der Waals surface area contributed by atoms with E-state index >= 15 is 0 Å². The zero-order valence-corrected chi connectivity index (χ0v) is 82.2. The topological polar surface area (TPSA) is 44.0 Å². The first-order chi connectivity index (χ1) is 58.0. The molecule has 3 atom stereocenters. The zero-order chi connectivity index (χ0) is 90.1. The number of nitrogens with zero attached hydrogens (tertiary/aromatic N) is 10. The van der Waals surface area contributed by atoms with E-state index in [1.54, 1.807) is 0 Å². The van der Waals surface area contributed by atoms with Crippen LogP contribution in [0.1, 0.15) is 330 Å². The molecule has 652 valence electrons. The van der Waals surface area contributed by atoms with Gasteiger partial charge in [0.15, 0.2) is 34.2 Å². The quantitative estimate of drug-likeness (QED) is 0.136. The van der Waals surface area contributed by atoms with Crippen molar-refractivity contribution in [1.82, 2.24) is 22.8 Å². The smallest absolute Gasteiger partial charge is 0.202 e. The molecular weight excluding hydrogens is 1510 g/mol. The first-order valence-corrected chi connectivity index (χ1v) is 46.7. The Hall–Kier alpha value is -9.93. The second-order valence-corrected chi connectivity index (χ2v) is 44.5. The van der Waals surface area contributed by atoms with E-state index in [4.69, 9.17) is 0 Å². The molecule has 0 amide bonds. The highest BCUT2D eigenvalue weighted by molar-refractivity contribution is 5.55. The molecule has 5 aliphatic heterocycles. The molecule has 0 spiro atoms. The average molecular weight is 1660 g/mol. The highest BCUT2D eigenvalue weighted by Gasteiger charge is 2.54. The van der Waals surface area contributed by atoms with Crippen LogP contribution in [0.25, 0.3) is 59.4 Å². The van der Waals surface area contributed by atoms with E-state index < -0.39 is 0 Å². The van der Waals surface area contributed by atoms with E-state index in [-0.39, 0.29) is 54.1 Å². The number of aromatic nitrogens is 10. The molecule has 18 rings (SSSR count). The van der Waals surface area contributed by atoms with Crippen LogP contribution in [0.15, 0.2) is 182 Å². The van der Waals surface area contributed by atoms with Crippen molar-refractivity contribution in [3.63, 3.8) is 0 Å². The van der Waals surface area contributed by atoms with E-state index in [0.29, 0.717) is 0 Å². The fourth-order valence-corrected chi connectivity index (χ4v) is 23.0. The number of hydrogen-bond donors (Lipinski definition) is 0. The standard InChI is InChI=1S/C25H35N2.C25H29N2.C24H33N2.2C20H27N2/c2*1-18-12-10-11-15-21(18)27-19(2)22-25(6,20-13-8-7-9-14-20)16-17-26(22)23(27)24(3,4)5;1-17-11-7-10-14-20(17)26-18(2)21-24(6,19-12-8-9-13-19)15-16-25(21)22(26)23(3,4)5;2*1-14-10-8-9-11-16(14)22-15(2)17-20(6,7)12-13-21(17)18(22)19(3,4)5/h10-12,15-17,20H,7-9,13-14H2,1-6H3;7-17H,1-6H3;7,10-11,14-16,19H,8-9,12-13H2,1-6H3;2*8-13H,1-7H3/q5*+1. The van der Waals surface area contributed by atoms with Crippen LogP contribution in [-0.4, -0.2) is 22.8 Å². The Morgan fingerprint density at radius 2 is 0.468 bits per heavy atom. The monoisotopic (exact) mass is 1660 g/mol. The van der Waals surface area contributed by atoms with Crippen molar-refractivity contribution in [1.29, 1.82) is 0 Å². The van der Waals surface area contributed by atoms with Crippen LogP contribution in [-0.2, 0) is 54.1 Å². The normalized spacial score (nSPS) is 19.6. The number of hydrogen-bond acceptors (Lipinski definition) is 0. The molecule has 7 aliphatic rings. The molecule has 0 N–H and O–H groups in total. The van der Waals surface area contributed by atoms with Crippen LogP contribution in [0.5, 0.6) is 0 Å². The van der Waals surface area contributed by atoms with Gasteiger partial charge in [-0.1, -0.05) is 153 Å². The molecule has 0 saturated heterocycles. The number of imidazole rings is 5. The van der Waals surface area contributed by atoms with Crippen molar-refractivity contribution in [3.8, 4) is 28.4 Å². The van der Waals surface area contributed by atoms with Gasteiger partial charge in [0.05, 0.1) is 85.1 Å². The molecule has 10 nitrogen and oxygen atoms in total. The zero-order valence-electron chi connectivity index (χ0n) is 82.2. The lowest BCUT2D eigenvalue weighted by molar-refractivity contribution is -0.587. The molecule has 0 radical (unpaired) electrons. The summed E-state index contributed by atoms with van der Waals surface area (Å²) in [6.07, 6.45) is 35.9. The third kappa shape index (κ3) is 15.8. The molecule has 11 aromatic rings. The summed E-state index contributed by atoms with van der Waals surface area (Å²) in [7, 11) is 0. The van der Waals surface area contributed by atoms with Gasteiger partial charge < -0.3 is 0 Å². The molecule has 6 aromatic carbocycles. The van der Waals surface area contributed by atoms with Crippen molar-refractivity contribution in [3.05, 3.63) is 301 Å². The number of allylic oxidation sites excluding steroid dienone is 5. The minimum absolute atomic E-state index is 0.0115. The van der Waals surface area contributed by atoms with Gasteiger partial charge in [0, 0.05) is 34.6 Å². The van der Waals surface area contributed by atoms with Gasteiger partial charge in [-0.05, 0) is 319 Å². The third-order valence-corrected chi connectivity index (χ3v) is 28.7. The largest absolute Gasteiger partial charge is 0.272 e. The van der Waals surface area contributed by atoms with Gasteiger partial charge in [-0.25, -0.2) is 22.8 Å². The maximum absolute atomic E-state index is 2.54. The predicted octanol–water partition coefficient (Wildman–Crippen LogP) is 26.0.